The Kier molecular flexibility index (Phi) is 8.27. The van der Waals surface area contributed by atoms with Gasteiger partial charge >= 0.3 is 5.97 Å². The first-order valence-corrected chi connectivity index (χ1v) is 13.2. The van der Waals surface area contributed by atoms with Crippen molar-refractivity contribution in [1.82, 2.24) is 9.80 Å². The molecule has 188 valence electrons. The number of carbonyl (C=O) groups excluding carboxylic acids is 2. The Labute approximate surface area is 210 Å². The summed E-state index contributed by atoms with van der Waals surface area (Å²) in [5.74, 6) is 0.261. The quantitative estimate of drug-likeness (QED) is 0.348. The second-order valence-corrected chi connectivity index (χ2v) is 10.9. The summed E-state index contributed by atoms with van der Waals surface area (Å²) >= 11 is 0. The van der Waals surface area contributed by atoms with Crippen LogP contribution in [0.3, 0.4) is 0 Å². The van der Waals surface area contributed by atoms with E-state index in [-0.39, 0.29) is 23.3 Å². The summed E-state index contributed by atoms with van der Waals surface area (Å²) in [7, 11) is 0. The Morgan fingerprint density at radius 2 is 1.34 bits per heavy atom. The maximum Gasteiger partial charge on any atom is 0.305 e. The third kappa shape index (κ3) is 6.32. The molecular formula is C30H40N2O3. The van der Waals surface area contributed by atoms with Crippen LogP contribution < -0.4 is 0 Å². The average molecular weight is 477 g/mol. The van der Waals surface area contributed by atoms with Crippen molar-refractivity contribution < 1.29 is 14.3 Å². The molecule has 0 bridgehead atoms. The van der Waals surface area contributed by atoms with Crippen molar-refractivity contribution in [2.24, 2.45) is 0 Å². The van der Waals surface area contributed by atoms with Gasteiger partial charge in [0.25, 0.3) is 0 Å². The monoisotopic (exact) mass is 476 g/mol. The van der Waals surface area contributed by atoms with Gasteiger partial charge in [-0.15, -0.1) is 0 Å². The van der Waals surface area contributed by atoms with E-state index in [2.05, 4.69) is 74.2 Å². The van der Waals surface area contributed by atoms with E-state index < -0.39 is 0 Å². The molecule has 0 aromatic heterocycles. The highest BCUT2D eigenvalue weighted by Gasteiger charge is 2.29. The zero-order valence-electron chi connectivity index (χ0n) is 21.6. The number of hydrogen-bond donors (Lipinski definition) is 0. The van der Waals surface area contributed by atoms with Gasteiger partial charge in [-0.2, -0.15) is 0 Å². The zero-order valence-corrected chi connectivity index (χ0v) is 21.6. The van der Waals surface area contributed by atoms with Crippen molar-refractivity contribution in [2.45, 2.75) is 70.8 Å². The van der Waals surface area contributed by atoms with Crippen molar-refractivity contribution in [2.75, 3.05) is 32.8 Å². The Morgan fingerprint density at radius 1 is 0.800 bits per heavy atom. The number of carbonyl (C=O) groups is 2. The molecule has 0 radical (unpaired) electrons. The first-order chi connectivity index (χ1) is 16.8. The Hall–Kier alpha value is -2.66. The van der Waals surface area contributed by atoms with Gasteiger partial charge in [-0.1, -0.05) is 61.4 Å². The largest absolute Gasteiger partial charge is 0.465 e. The van der Waals surface area contributed by atoms with Gasteiger partial charge in [-0.05, 0) is 55.9 Å². The summed E-state index contributed by atoms with van der Waals surface area (Å²) in [4.78, 5) is 29.4. The maximum atomic E-state index is 12.5. The molecule has 2 aromatic carbocycles. The highest BCUT2D eigenvalue weighted by atomic mass is 16.5. The Bertz CT molecular complexity index is 973. The number of hydrogen-bond acceptors (Lipinski definition) is 4. The molecule has 4 rings (SSSR count). The number of ether oxygens (including phenoxy) is 1. The summed E-state index contributed by atoms with van der Waals surface area (Å²) < 4.78 is 5.69. The second kappa shape index (κ2) is 11.4. The van der Waals surface area contributed by atoms with Gasteiger partial charge in [0.05, 0.1) is 0 Å². The van der Waals surface area contributed by atoms with Crippen molar-refractivity contribution in [3.8, 4) is 11.1 Å². The van der Waals surface area contributed by atoms with Gasteiger partial charge in [0.15, 0.2) is 0 Å². The lowest BCUT2D eigenvalue weighted by atomic mass is 9.98. The molecule has 1 heterocycles. The van der Waals surface area contributed by atoms with E-state index in [1.807, 2.05) is 4.90 Å². The molecule has 1 aliphatic carbocycles. The fourth-order valence-corrected chi connectivity index (χ4v) is 5.37. The van der Waals surface area contributed by atoms with E-state index in [1.54, 1.807) is 0 Å². The smallest absolute Gasteiger partial charge is 0.305 e. The number of amides is 1. The van der Waals surface area contributed by atoms with Gasteiger partial charge in [0, 0.05) is 50.5 Å². The molecule has 1 saturated heterocycles. The second-order valence-electron chi connectivity index (χ2n) is 10.9. The van der Waals surface area contributed by atoms with Crippen LogP contribution in [0.5, 0.6) is 0 Å². The maximum absolute atomic E-state index is 12.5. The highest BCUT2D eigenvalue weighted by molar-refractivity contribution is 5.79. The lowest BCUT2D eigenvalue weighted by Gasteiger charge is -2.42. The minimum Gasteiger partial charge on any atom is -0.465 e. The van der Waals surface area contributed by atoms with Crippen LogP contribution in [0.25, 0.3) is 11.1 Å². The van der Waals surface area contributed by atoms with Crippen LogP contribution in [0, 0.1) is 0 Å². The molecule has 35 heavy (non-hydrogen) atoms. The van der Waals surface area contributed by atoms with Crippen LogP contribution in [0.1, 0.15) is 76.3 Å². The number of rotatable bonds is 9. The summed E-state index contributed by atoms with van der Waals surface area (Å²) in [5, 5.41) is 0. The topological polar surface area (TPSA) is 49.9 Å². The molecule has 0 N–H and O–H groups in total. The Morgan fingerprint density at radius 3 is 1.91 bits per heavy atom. The summed E-state index contributed by atoms with van der Waals surface area (Å²) in [5.41, 5.74) is 5.14. The molecule has 1 amide bonds. The van der Waals surface area contributed by atoms with Crippen LogP contribution in [0.2, 0.25) is 0 Å². The van der Waals surface area contributed by atoms with E-state index in [9.17, 15) is 9.59 Å². The van der Waals surface area contributed by atoms with Crippen LogP contribution >= 0.6 is 0 Å². The van der Waals surface area contributed by atoms with Crippen LogP contribution in [-0.4, -0.2) is 60.0 Å². The third-order valence-electron chi connectivity index (χ3n) is 7.48. The van der Waals surface area contributed by atoms with Gasteiger partial charge in [0.1, 0.15) is 6.61 Å². The minimum atomic E-state index is -0.125. The van der Waals surface area contributed by atoms with Gasteiger partial charge in [-0.3, -0.25) is 14.5 Å². The van der Waals surface area contributed by atoms with Crippen LogP contribution in [-0.2, 0) is 14.3 Å². The molecule has 0 spiro atoms. The number of esters is 1. The van der Waals surface area contributed by atoms with Crippen molar-refractivity contribution in [3.05, 3.63) is 59.7 Å². The minimum absolute atomic E-state index is 0.114. The molecule has 2 aromatic rings. The highest BCUT2D eigenvalue weighted by Crippen LogP contribution is 2.44. The summed E-state index contributed by atoms with van der Waals surface area (Å²) in [6, 6.07) is 16.8. The number of piperazine rings is 1. The summed E-state index contributed by atoms with van der Waals surface area (Å²) in [6.45, 7) is 10.7. The van der Waals surface area contributed by atoms with Crippen molar-refractivity contribution >= 4 is 11.9 Å². The number of fused-ring (bicyclic) bond motifs is 3. The first-order valence-electron chi connectivity index (χ1n) is 13.2. The van der Waals surface area contributed by atoms with E-state index in [0.717, 1.165) is 51.9 Å². The SMILES string of the molecule is CC(C)(C)N1CCN(C(=O)CCCCCCC(=O)OCC2c3ccccc3-c3ccccc32)CC1. The van der Waals surface area contributed by atoms with E-state index in [1.165, 1.54) is 22.3 Å². The van der Waals surface area contributed by atoms with Crippen LogP contribution in [0.15, 0.2) is 48.5 Å². The number of nitrogens with zero attached hydrogens (tertiary/aromatic N) is 2. The van der Waals surface area contributed by atoms with Gasteiger partial charge < -0.3 is 9.64 Å². The first kappa shape index (κ1) is 25.4. The van der Waals surface area contributed by atoms with Crippen molar-refractivity contribution in [3.63, 3.8) is 0 Å². The lowest BCUT2D eigenvalue weighted by molar-refractivity contribution is -0.144. The molecular weight excluding hydrogens is 436 g/mol. The fraction of sp³-hybridized carbons (Fsp3) is 0.533. The molecule has 5 heteroatoms. The Balaban J connectivity index is 1.11. The molecule has 1 fully saturated rings. The van der Waals surface area contributed by atoms with Gasteiger partial charge in [-0.25, -0.2) is 0 Å². The molecule has 0 saturated carbocycles. The van der Waals surface area contributed by atoms with Crippen LogP contribution in [0.4, 0.5) is 0 Å². The van der Waals surface area contributed by atoms with E-state index in [0.29, 0.717) is 19.4 Å². The standard InChI is InChI=1S/C30H40N2O3/c1-30(2,3)32-20-18-31(19-21-32)28(33)16-6-4-5-7-17-29(34)35-22-27-25-14-10-8-12-23(25)24-13-9-11-15-26(24)27/h8-15,27H,4-7,16-22H2,1-3H3. The normalized spacial score (nSPS) is 16.1. The zero-order chi connectivity index (χ0) is 24.8. The molecule has 2 aliphatic rings. The lowest BCUT2D eigenvalue weighted by Crippen LogP contribution is -2.54. The van der Waals surface area contributed by atoms with E-state index >= 15 is 0 Å². The predicted octanol–water partition coefficient (Wildman–Crippen LogP) is 5.63. The van der Waals surface area contributed by atoms with Crippen molar-refractivity contribution in [1.29, 1.82) is 0 Å². The van der Waals surface area contributed by atoms with Gasteiger partial charge in [0.2, 0.25) is 5.91 Å². The molecule has 0 atom stereocenters. The third-order valence-corrected chi connectivity index (χ3v) is 7.48. The number of benzene rings is 2. The molecule has 5 nitrogen and oxygen atoms in total. The molecule has 0 unspecified atom stereocenters. The summed E-state index contributed by atoms with van der Waals surface area (Å²) in [6.07, 6.45) is 4.69. The van der Waals surface area contributed by atoms with E-state index in [4.69, 9.17) is 4.74 Å². The average Bonchev–Trinajstić information content (AvgIpc) is 3.18. The predicted molar refractivity (Wildman–Crippen MR) is 140 cm³/mol. The number of unbranched alkanes of at least 4 members (excludes halogenated alkanes) is 3. The fourth-order valence-electron chi connectivity index (χ4n) is 5.37. The molecule has 1 aliphatic heterocycles.